The number of nitrogens with one attached hydrogen (secondary N) is 2. The van der Waals surface area contributed by atoms with Gasteiger partial charge in [0.1, 0.15) is 5.75 Å². The minimum Gasteiger partial charge on any atom is -0.508 e. The molecule has 2 aromatic rings. The number of phenols is 1. The van der Waals surface area contributed by atoms with Crippen molar-refractivity contribution in [1.82, 2.24) is 15.3 Å². The predicted molar refractivity (Wildman–Crippen MR) is 76.4 cm³/mol. The lowest BCUT2D eigenvalue weighted by Crippen LogP contribution is -2.30. The average molecular weight is 279 g/mol. The second kappa shape index (κ2) is 5.97. The monoisotopic (exact) mass is 279 g/mol. The van der Waals surface area contributed by atoms with Crippen LogP contribution < -0.4 is 5.32 Å². The van der Waals surface area contributed by atoms with Crippen molar-refractivity contribution < 1.29 is 9.90 Å². The number of H-pyrrole nitrogens is 1. The molecule has 0 radical (unpaired) electrons. The summed E-state index contributed by atoms with van der Waals surface area (Å²) < 4.78 is 0. The van der Waals surface area contributed by atoms with E-state index in [1.165, 1.54) is 11.8 Å². The van der Waals surface area contributed by atoms with Crippen molar-refractivity contribution in [3.8, 4) is 5.75 Å². The van der Waals surface area contributed by atoms with Crippen LogP contribution in [0.4, 0.5) is 0 Å². The van der Waals surface area contributed by atoms with Crippen LogP contribution in [0.5, 0.6) is 5.75 Å². The molecule has 0 fully saturated rings. The molecule has 0 unspecified atom stereocenters. The van der Waals surface area contributed by atoms with Crippen molar-refractivity contribution in [2.24, 2.45) is 0 Å². The van der Waals surface area contributed by atoms with Gasteiger partial charge < -0.3 is 15.4 Å². The number of amides is 1. The molecule has 0 atom stereocenters. The van der Waals surface area contributed by atoms with Crippen LogP contribution in [-0.4, -0.2) is 32.8 Å². The standard InChI is InChI=1S/C13H17N3O2S/c1-8(2)14-12(18)5-6-19-13-15-10-4-3-9(17)7-11(10)16-13/h3-4,7-8,17H,5-6H2,1-2H3,(H,14,18)(H,15,16). The number of carbonyl (C=O) groups is 1. The van der Waals surface area contributed by atoms with E-state index >= 15 is 0 Å². The summed E-state index contributed by atoms with van der Waals surface area (Å²) in [6.45, 7) is 3.88. The minimum atomic E-state index is 0.0521. The molecule has 102 valence electrons. The summed E-state index contributed by atoms with van der Waals surface area (Å²) in [4.78, 5) is 19.0. The highest BCUT2D eigenvalue weighted by Crippen LogP contribution is 2.22. The topological polar surface area (TPSA) is 78.0 Å². The van der Waals surface area contributed by atoms with Crippen LogP contribution in [0.2, 0.25) is 0 Å². The fourth-order valence-electron chi connectivity index (χ4n) is 1.68. The molecule has 3 N–H and O–H groups in total. The maximum absolute atomic E-state index is 11.5. The lowest BCUT2D eigenvalue weighted by Gasteiger charge is -2.06. The molecule has 1 heterocycles. The third kappa shape index (κ3) is 3.89. The fourth-order valence-corrected chi connectivity index (χ4v) is 2.50. The van der Waals surface area contributed by atoms with Gasteiger partial charge in [-0.25, -0.2) is 4.98 Å². The Balaban J connectivity index is 1.89. The average Bonchev–Trinajstić information content (AvgIpc) is 2.69. The molecule has 0 aliphatic rings. The Bertz CT molecular complexity index is 580. The predicted octanol–water partition coefficient (Wildman–Crippen LogP) is 2.28. The Morgan fingerprint density at radius 2 is 2.32 bits per heavy atom. The zero-order chi connectivity index (χ0) is 13.8. The normalized spacial score (nSPS) is 11.1. The second-order valence-corrected chi connectivity index (χ2v) is 5.65. The van der Waals surface area contributed by atoms with Crippen LogP contribution >= 0.6 is 11.8 Å². The van der Waals surface area contributed by atoms with Gasteiger partial charge in [-0.15, -0.1) is 0 Å². The van der Waals surface area contributed by atoms with Gasteiger partial charge in [0, 0.05) is 24.3 Å². The maximum Gasteiger partial charge on any atom is 0.221 e. The van der Waals surface area contributed by atoms with E-state index < -0.39 is 0 Å². The largest absolute Gasteiger partial charge is 0.508 e. The molecular weight excluding hydrogens is 262 g/mol. The Hall–Kier alpha value is -1.69. The summed E-state index contributed by atoms with van der Waals surface area (Å²) in [6.07, 6.45) is 0.463. The van der Waals surface area contributed by atoms with Crippen LogP contribution in [0, 0.1) is 0 Å². The van der Waals surface area contributed by atoms with Gasteiger partial charge in [0.2, 0.25) is 5.91 Å². The van der Waals surface area contributed by atoms with Crippen molar-refractivity contribution in [1.29, 1.82) is 0 Å². The highest BCUT2D eigenvalue weighted by molar-refractivity contribution is 7.99. The van der Waals surface area contributed by atoms with Gasteiger partial charge in [-0.1, -0.05) is 11.8 Å². The number of rotatable bonds is 5. The van der Waals surface area contributed by atoms with Crippen LogP contribution in [0.3, 0.4) is 0 Å². The van der Waals surface area contributed by atoms with E-state index in [-0.39, 0.29) is 17.7 Å². The van der Waals surface area contributed by atoms with E-state index in [0.29, 0.717) is 12.2 Å². The van der Waals surface area contributed by atoms with Crippen molar-refractivity contribution in [2.75, 3.05) is 5.75 Å². The Kier molecular flexibility index (Phi) is 4.31. The Labute approximate surface area is 115 Å². The number of carbonyl (C=O) groups excluding carboxylic acids is 1. The number of phenolic OH excluding ortho intramolecular Hbond substituents is 1. The van der Waals surface area contributed by atoms with Gasteiger partial charge in [-0.3, -0.25) is 4.79 Å². The number of imidazole rings is 1. The Morgan fingerprint density at radius 1 is 1.53 bits per heavy atom. The summed E-state index contributed by atoms with van der Waals surface area (Å²) in [5, 5.41) is 13.0. The molecule has 19 heavy (non-hydrogen) atoms. The van der Waals surface area contributed by atoms with Crippen molar-refractivity contribution in [3.63, 3.8) is 0 Å². The first-order valence-electron chi connectivity index (χ1n) is 6.15. The number of aromatic nitrogens is 2. The molecular formula is C13H17N3O2S. The second-order valence-electron chi connectivity index (χ2n) is 4.56. The van der Waals surface area contributed by atoms with Crippen LogP contribution in [-0.2, 0) is 4.79 Å². The number of hydrogen-bond acceptors (Lipinski definition) is 4. The SMILES string of the molecule is CC(C)NC(=O)CCSc1nc2ccc(O)cc2[nH]1. The van der Waals surface area contributed by atoms with E-state index in [9.17, 15) is 9.90 Å². The number of fused-ring (bicyclic) bond motifs is 1. The summed E-state index contributed by atoms with van der Waals surface area (Å²) >= 11 is 1.50. The molecule has 0 bridgehead atoms. The third-order valence-electron chi connectivity index (χ3n) is 2.46. The third-order valence-corrected chi connectivity index (χ3v) is 3.34. The number of benzene rings is 1. The van der Waals surface area contributed by atoms with Crippen molar-refractivity contribution >= 4 is 28.7 Å². The molecule has 2 rings (SSSR count). The number of aromatic amines is 1. The molecule has 1 aromatic carbocycles. The van der Waals surface area contributed by atoms with Gasteiger partial charge in [-0.2, -0.15) is 0 Å². The van der Waals surface area contributed by atoms with Crippen LogP contribution in [0.1, 0.15) is 20.3 Å². The van der Waals surface area contributed by atoms with Crippen molar-refractivity contribution in [3.05, 3.63) is 18.2 Å². The zero-order valence-corrected chi connectivity index (χ0v) is 11.8. The van der Waals surface area contributed by atoms with E-state index in [4.69, 9.17) is 0 Å². The number of aromatic hydroxyl groups is 1. The quantitative estimate of drug-likeness (QED) is 0.734. The maximum atomic E-state index is 11.5. The van der Waals surface area contributed by atoms with E-state index in [1.807, 2.05) is 13.8 Å². The number of hydrogen-bond donors (Lipinski definition) is 3. The van der Waals surface area contributed by atoms with E-state index in [2.05, 4.69) is 15.3 Å². The molecule has 0 spiro atoms. The molecule has 0 saturated heterocycles. The zero-order valence-electron chi connectivity index (χ0n) is 10.9. The molecule has 0 aliphatic carbocycles. The van der Waals surface area contributed by atoms with Crippen LogP contribution in [0.25, 0.3) is 11.0 Å². The minimum absolute atomic E-state index is 0.0521. The lowest BCUT2D eigenvalue weighted by atomic mass is 10.3. The molecule has 1 amide bonds. The molecule has 5 nitrogen and oxygen atoms in total. The number of thioether (sulfide) groups is 1. The van der Waals surface area contributed by atoms with E-state index in [0.717, 1.165) is 16.2 Å². The fraction of sp³-hybridized carbons (Fsp3) is 0.385. The molecule has 0 saturated carbocycles. The number of nitrogens with zero attached hydrogens (tertiary/aromatic N) is 1. The summed E-state index contributed by atoms with van der Waals surface area (Å²) in [7, 11) is 0. The highest BCUT2D eigenvalue weighted by atomic mass is 32.2. The smallest absolute Gasteiger partial charge is 0.221 e. The summed E-state index contributed by atoms with van der Waals surface area (Å²) in [5.74, 6) is 0.935. The molecule has 6 heteroatoms. The van der Waals surface area contributed by atoms with E-state index in [1.54, 1.807) is 18.2 Å². The van der Waals surface area contributed by atoms with Gasteiger partial charge in [-0.05, 0) is 26.0 Å². The van der Waals surface area contributed by atoms with Gasteiger partial charge in [0.05, 0.1) is 11.0 Å². The van der Waals surface area contributed by atoms with Gasteiger partial charge in [0.25, 0.3) is 0 Å². The first-order chi connectivity index (χ1) is 9.04. The lowest BCUT2D eigenvalue weighted by molar-refractivity contribution is -0.121. The molecule has 1 aromatic heterocycles. The first kappa shape index (κ1) is 13.7. The van der Waals surface area contributed by atoms with Gasteiger partial charge >= 0.3 is 0 Å². The highest BCUT2D eigenvalue weighted by Gasteiger charge is 2.06. The Morgan fingerprint density at radius 3 is 3.05 bits per heavy atom. The first-order valence-corrected chi connectivity index (χ1v) is 7.14. The summed E-state index contributed by atoms with van der Waals surface area (Å²) in [6, 6.07) is 5.18. The van der Waals surface area contributed by atoms with Crippen molar-refractivity contribution in [2.45, 2.75) is 31.5 Å². The molecule has 0 aliphatic heterocycles. The van der Waals surface area contributed by atoms with Gasteiger partial charge in [0.15, 0.2) is 5.16 Å². The van der Waals surface area contributed by atoms with Crippen LogP contribution in [0.15, 0.2) is 23.4 Å². The summed E-state index contributed by atoms with van der Waals surface area (Å²) in [5.41, 5.74) is 1.61.